The minimum Gasteiger partial charge on any atom is -0.388 e. The maximum atomic E-state index is 12.6. The summed E-state index contributed by atoms with van der Waals surface area (Å²) >= 11 is 1.53. The Hall–Kier alpha value is 0.0600. The molecule has 6 heteroatoms. The van der Waals surface area contributed by atoms with E-state index in [9.17, 15) is 18.3 Å². The van der Waals surface area contributed by atoms with Gasteiger partial charge in [0, 0.05) is 18.3 Å². The molecule has 0 bridgehead atoms. The lowest BCUT2D eigenvalue weighted by atomic mass is 9.85. The van der Waals surface area contributed by atoms with Crippen LogP contribution in [0.2, 0.25) is 0 Å². The van der Waals surface area contributed by atoms with Crippen molar-refractivity contribution in [2.75, 3.05) is 18.6 Å². The number of aliphatic hydroxyl groups is 1. The van der Waals surface area contributed by atoms with Crippen LogP contribution in [-0.2, 0) is 0 Å². The SMILES string of the molecule is CSC[C@](C)(O)CN[C@H]1CCC[C@H](C(F)(F)F)C1. The van der Waals surface area contributed by atoms with Crippen molar-refractivity contribution in [2.45, 2.75) is 50.4 Å². The molecule has 0 aromatic carbocycles. The van der Waals surface area contributed by atoms with Gasteiger partial charge in [-0.2, -0.15) is 24.9 Å². The Morgan fingerprint density at radius 2 is 2.00 bits per heavy atom. The zero-order chi connectivity index (χ0) is 13.8. The second-order valence-corrected chi connectivity index (χ2v) is 6.28. The molecule has 1 aliphatic carbocycles. The number of thioether (sulfide) groups is 1. The average molecular weight is 285 g/mol. The van der Waals surface area contributed by atoms with E-state index in [0.29, 0.717) is 18.7 Å². The zero-order valence-corrected chi connectivity index (χ0v) is 11.7. The van der Waals surface area contributed by atoms with Crippen LogP contribution in [-0.4, -0.2) is 41.5 Å². The van der Waals surface area contributed by atoms with Crippen LogP contribution in [0.25, 0.3) is 0 Å². The highest BCUT2D eigenvalue weighted by atomic mass is 32.2. The monoisotopic (exact) mass is 285 g/mol. The van der Waals surface area contributed by atoms with Gasteiger partial charge in [0.15, 0.2) is 0 Å². The summed E-state index contributed by atoms with van der Waals surface area (Å²) in [4.78, 5) is 0. The van der Waals surface area contributed by atoms with Crippen molar-refractivity contribution < 1.29 is 18.3 Å². The van der Waals surface area contributed by atoms with Gasteiger partial charge < -0.3 is 10.4 Å². The Morgan fingerprint density at radius 3 is 2.56 bits per heavy atom. The van der Waals surface area contributed by atoms with Crippen LogP contribution in [0.1, 0.15) is 32.6 Å². The van der Waals surface area contributed by atoms with Gasteiger partial charge in [-0.3, -0.25) is 0 Å². The molecule has 0 radical (unpaired) electrons. The molecular weight excluding hydrogens is 263 g/mol. The van der Waals surface area contributed by atoms with E-state index in [-0.39, 0.29) is 18.9 Å². The molecule has 1 aliphatic rings. The van der Waals surface area contributed by atoms with E-state index in [1.807, 2.05) is 6.26 Å². The topological polar surface area (TPSA) is 32.3 Å². The summed E-state index contributed by atoms with van der Waals surface area (Å²) in [5.74, 6) is -0.607. The highest BCUT2D eigenvalue weighted by Gasteiger charge is 2.42. The molecule has 18 heavy (non-hydrogen) atoms. The van der Waals surface area contributed by atoms with Crippen LogP contribution in [0.4, 0.5) is 13.2 Å². The molecule has 3 atom stereocenters. The lowest BCUT2D eigenvalue weighted by Crippen LogP contribution is -2.46. The summed E-state index contributed by atoms with van der Waals surface area (Å²) < 4.78 is 37.9. The maximum absolute atomic E-state index is 12.6. The maximum Gasteiger partial charge on any atom is 0.391 e. The van der Waals surface area contributed by atoms with Gasteiger partial charge in [-0.15, -0.1) is 0 Å². The lowest BCUT2D eigenvalue weighted by molar-refractivity contribution is -0.183. The van der Waals surface area contributed by atoms with Crippen molar-refractivity contribution in [2.24, 2.45) is 5.92 Å². The van der Waals surface area contributed by atoms with E-state index >= 15 is 0 Å². The van der Waals surface area contributed by atoms with Gasteiger partial charge >= 0.3 is 6.18 Å². The Balaban J connectivity index is 2.39. The van der Waals surface area contributed by atoms with E-state index in [1.165, 1.54) is 11.8 Å². The summed E-state index contributed by atoms with van der Waals surface area (Å²) in [5, 5.41) is 13.1. The molecule has 2 N–H and O–H groups in total. The van der Waals surface area contributed by atoms with Gasteiger partial charge in [-0.25, -0.2) is 0 Å². The lowest BCUT2D eigenvalue weighted by Gasteiger charge is -2.33. The number of alkyl halides is 3. The molecule has 0 aliphatic heterocycles. The molecule has 0 aromatic heterocycles. The van der Waals surface area contributed by atoms with Crippen LogP contribution in [0.15, 0.2) is 0 Å². The molecule has 0 aromatic rings. The van der Waals surface area contributed by atoms with E-state index < -0.39 is 17.7 Å². The molecule has 1 fully saturated rings. The van der Waals surface area contributed by atoms with E-state index in [0.717, 1.165) is 6.42 Å². The van der Waals surface area contributed by atoms with Crippen LogP contribution in [0.5, 0.6) is 0 Å². The number of hydrogen-bond donors (Lipinski definition) is 2. The van der Waals surface area contributed by atoms with Crippen LogP contribution < -0.4 is 5.32 Å². The van der Waals surface area contributed by atoms with Crippen LogP contribution >= 0.6 is 11.8 Å². The molecule has 0 unspecified atom stereocenters. The van der Waals surface area contributed by atoms with Crippen molar-refractivity contribution in [3.05, 3.63) is 0 Å². The minimum absolute atomic E-state index is 0.126. The highest BCUT2D eigenvalue weighted by Crippen LogP contribution is 2.37. The van der Waals surface area contributed by atoms with Crippen molar-refractivity contribution in [3.8, 4) is 0 Å². The number of hydrogen-bond acceptors (Lipinski definition) is 3. The third-order valence-electron chi connectivity index (χ3n) is 3.36. The molecule has 0 heterocycles. The minimum atomic E-state index is -4.08. The second kappa shape index (κ2) is 6.48. The van der Waals surface area contributed by atoms with Gasteiger partial charge in [-0.05, 0) is 32.4 Å². The molecule has 2 nitrogen and oxygen atoms in total. The Morgan fingerprint density at radius 1 is 1.33 bits per heavy atom. The smallest absolute Gasteiger partial charge is 0.388 e. The fourth-order valence-electron chi connectivity index (χ4n) is 2.40. The fraction of sp³-hybridized carbons (Fsp3) is 1.00. The molecule has 0 spiro atoms. The largest absolute Gasteiger partial charge is 0.391 e. The first kappa shape index (κ1) is 16.1. The van der Waals surface area contributed by atoms with Crippen LogP contribution in [0.3, 0.4) is 0 Å². The van der Waals surface area contributed by atoms with Gasteiger partial charge in [0.25, 0.3) is 0 Å². The van der Waals surface area contributed by atoms with Crippen molar-refractivity contribution in [1.82, 2.24) is 5.32 Å². The van der Waals surface area contributed by atoms with Gasteiger partial charge in [0.2, 0.25) is 0 Å². The summed E-state index contributed by atoms with van der Waals surface area (Å²) in [6.45, 7) is 2.06. The zero-order valence-electron chi connectivity index (χ0n) is 10.9. The van der Waals surface area contributed by atoms with Gasteiger partial charge in [-0.1, -0.05) is 6.42 Å². The molecule has 1 saturated carbocycles. The first-order valence-corrected chi connectivity index (χ1v) is 7.65. The van der Waals surface area contributed by atoms with Crippen molar-refractivity contribution >= 4 is 11.8 Å². The standard InChI is InChI=1S/C12H22F3NOS/c1-11(17,8-18-2)7-16-10-5-3-4-9(6-10)12(13,14)15/h9-10,16-17H,3-8H2,1-2H3/t9-,10-,11+/m0/s1. The molecule has 0 saturated heterocycles. The first-order valence-electron chi connectivity index (χ1n) is 6.26. The number of nitrogens with one attached hydrogen (secondary N) is 1. The van der Waals surface area contributed by atoms with E-state index in [2.05, 4.69) is 5.32 Å². The normalized spacial score (nSPS) is 29.0. The summed E-state index contributed by atoms with van der Waals surface area (Å²) in [5.41, 5.74) is -0.857. The summed E-state index contributed by atoms with van der Waals surface area (Å²) in [6, 6.07) is -0.126. The summed E-state index contributed by atoms with van der Waals surface area (Å²) in [6.07, 6.45) is -0.437. The quantitative estimate of drug-likeness (QED) is 0.814. The Bertz CT molecular complexity index is 258. The molecule has 0 amide bonds. The highest BCUT2D eigenvalue weighted by molar-refractivity contribution is 7.98. The van der Waals surface area contributed by atoms with Gasteiger partial charge in [0.1, 0.15) is 0 Å². The third kappa shape index (κ3) is 5.36. The number of halogens is 3. The second-order valence-electron chi connectivity index (χ2n) is 5.41. The van der Waals surface area contributed by atoms with Gasteiger partial charge in [0.05, 0.1) is 11.5 Å². The fourth-order valence-corrected chi connectivity index (χ4v) is 3.12. The molecule has 108 valence electrons. The van der Waals surface area contributed by atoms with Crippen molar-refractivity contribution in [3.63, 3.8) is 0 Å². The predicted molar refractivity (Wildman–Crippen MR) is 68.8 cm³/mol. The molecular formula is C12H22F3NOS. The third-order valence-corrected chi connectivity index (χ3v) is 4.27. The van der Waals surface area contributed by atoms with E-state index in [4.69, 9.17) is 0 Å². The van der Waals surface area contributed by atoms with Crippen LogP contribution in [0, 0.1) is 5.92 Å². The summed E-state index contributed by atoms with van der Waals surface area (Å²) in [7, 11) is 0. The average Bonchev–Trinajstić information content (AvgIpc) is 2.26. The Kier molecular flexibility index (Phi) is 5.80. The first-order chi connectivity index (χ1) is 8.24. The molecule has 1 rings (SSSR count). The Labute approximate surface area is 111 Å². The number of rotatable bonds is 5. The predicted octanol–water partition coefficient (Wildman–Crippen LogP) is 2.81. The van der Waals surface area contributed by atoms with E-state index in [1.54, 1.807) is 6.92 Å². The van der Waals surface area contributed by atoms with Crippen molar-refractivity contribution in [1.29, 1.82) is 0 Å².